The molecule has 0 spiro atoms. The number of rotatable bonds is 7. The number of anilines is 2. The SMILES string of the molecule is COc1c(C=O)cc(C(C)(C)C)cc1NC(=O)c1ccc(C)c(N2C=C(C(=O)NCC(C)(C)C)NN2)c1. The maximum Gasteiger partial charge on any atom is 0.270 e. The number of amides is 2. The van der Waals surface area contributed by atoms with Gasteiger partial charge in [0.25, 0.3) is 11.8 Å². The highest BCUT2D eigenvalue weighted by Crippen LogP contribution is 2.35. The maximum atomic E-state index is 13.3. The Kier molecular flexibility index (Phi) is 7.97. The fraction of sp³-hybridized carbons (Fsp3) is 0.393. The summed E-state index contributed by atoms with van der Waals surface area (Å²) in [5.74, 6) is -0.280. The van der Waals surface area contributed by atoms with E-state index in [9.17, 15) is 14.4 Å². The van der Waals surface area contributed by atoms with Gasteiger partial charge in [-0.05, 0) is 53.1 Å². The zero-order valence-electron chi connectivity index (χ0n) is 22.8. The molecule has 0 aliphatic carbocycles. The molecular formula is C28H37N5O4. The molecule has 1 aliphatic heterocycles. The molecule has 1 heterocycles. The molecule has 0 radical (unpaired) electrons. The summed E-state index contributed by atoms with van der Waals surface area (Å²) in [5.41, 5.74) is 9.59. The van der Waals surface area contributed by atoms with Crippen molar-refractivity contribution in [3.05, 3.63) is 64.5 Å². The monoisotopic (exact) mass is 507 g/mol. The molecule has 2 amide bonds. The number of aldehydes is 1. The van der Waals surface area contributed by atoms with Crippen LogP contribution in [0.5, 0.6) is 5.75 Å². The Morgan fingerprint density at radius 3 is 2.35 bits per heavy atom. The summed E-state index contributed by atoms with van der Waals surface area (Å²) in [6, 6.07) is 8.89. The predicted molar refractivity (Wildman–Crippen MR) is 146 cm³/mol. The number of benzene rings is 2. The lowest BCUT2D eigenvalue weighted by Crippen LogP contribution is -2.40. The van der Waals surface area contributed by atoms with Crippen LogP contribution in [-0.2, 0) is 10.2 Å². The van der Waals surface area contributed by atoms with Crippen molar-refractivity contribution in [3.63, 3.8) is 0 Å². The van der Waals surface area contributed by atoms with E-state index in [1.165, 1.54) is 7.11 Å². The van der Waals surface area contributed by atoms with Gasteiger partial charge in [-0.3, -0.25) is 24.8 Å². The van der Waals surface area contributed by atoms with Crippen LogP contribution < -0.4 is 31.3 Å². The Balaban J connectivity index is 1.87. The van der Waals surface area contributed by atoms with Gasteiger partial charge in [-0.25, -0.2) is 0 Å². The first-order valence-corrected chi connectivity index (χ1v) is 12.1. The Morgan fingerprint density at radius 2 is 1.76 bits per heavy atom. The van der Waals surface area contributed by atoms with Crippen molar-refractivity contribution >= 4 is 29.5 Å². The highest BCUT2D eigenvalue weighted by molar-refractivity contribution is 6.06. The molecule has 37 heavy (non-hydrogen) atoms. The summed E-state index contributed by atoms with van der Waals surface area (Å²) in [6.07, 6.45) is 2.37. The first-order chi connectivity index (χ1) is 17.2. The predicted octanol–water partition coefficient (Wildman–Crippen LogP) is 4.20. The van der Waals surface area contributed by atoms with Gasteiger partial charge in [0, 0.05) is 12.1 Å². The minimum atomic E-state index is -0.360. The van der Waals surface area contributed by atoms with E-state index in [0.29, 0.717) is 40.5 Å². The lowest BCUT2D eigenvalue weighted by atomic mass is 9.85. The third-order valence-corrected chi connectivity index (χ3v) is 5.89. The van der Waals surface area contributed by atoms with Crippen molar-refractivity contribution in [3.8, 4) is 5.75 Å². The van der Waals surface area contributed by atoms with Crippen LogP contribution >= 0.6 is 0 Å². The smallest absolute Gasteiger partial charge is 0.270 e. The molecule has 0 saturated heterocycles. The number of hydrogen-bond donors (Lipinski definition) is 4. The number of aryl methyl sites for hydroxylation is 1. The average Bonchev–Trinajstić information content (AvgIpc) is 3.31. The molecule has 1 aliphatic rings. The second-order valence-electron chi connectivity index (χ2n) is 11.4. The molecule has 9 nitrogen and oxygen atoms in total. The number of carbonyl (C=O) groups is 3. The van der Waals surface area contributed by atoms with Crippen LogP contribution in [0.1, 0.15) is 73.4 Å². The van der Waals surface area contributed by atoms with Crippen LogP contribution in [0.2, 0.25) is 0 Å². The summed E-state index contributed by atoms with van der Waals surface area (Å²) >= 11 is 0. The third-order valence-electron chi connectivity index (χ3n) is 5.89. The van der Waals surface area contributed by atoms with Crippen LogP contribution in [0.3, 0.4) is 0 Å². The van der Waals surface area contributed by atoms with Crippen molar-refractivity contribution in [2.24, 2.45) is 5.41 Å². The second-order valence-corrected chi connectivity index (χ2v) is 11.4. The number of methoxy groups -OCH3 is 1. The minimum absolute atomic E-state index is 0.0399. The first-order valence-electron chi connectivity index (χ1n) is 12.1. The summed E-state index contributed by atoms with van der Waals surface area (Å²) in [4.78, 5) is 37.5. The van der Waals surface area contributed by atoms with E-state index >= 15 is 0 Å². The molecule has 3 rings (SSSR count). The summed E-state index contributed by atoms with van der Waals surface area (Å²) < 4.78 is 5.45. The number of carbonyl (C=O) groups excluding carboxylic acids is 3. The highest BCUT2D eigenvalue weighted by Gasteiger charge is 2.24. The molecule has 0 unspecified atom stereocenters. The van der Waals surface area contributed by atoms with Gasteiger partial charge >= 0.3 is 0 Å². The topological polar surface area (TPSA) is 112 Å². The largest absolute Gasteiger partial charge is 0.494 e. The first kappa shape index (κ1) is 27.7. The molecule has 0 fully saturated rings. The lowest BCUT2D eigenvalue weighted by molar-refractivity contribution is -0.118. The molecule has 9 heteroatoms. The molecule has 2 aromatic rings. The van der Waals surface area contributed by atoms with E-state index in [4.69, 9.17) is 4.74 Å². The van der Waals surface area contributed by atoms with E-state index in [2.05, 4.69) is 21.6 Å². The highest BCUT2D eigenvalue weighted by atomic mass is 16.5. The summed E-state index contributed by atoms with van der Waals surface area (Å²) in [7, 11) is 1.46. The third kappa shape index (κ3) is 6.68. The second kappa shape index (κ2) is 10.6. The van der Waals surface area contributed by atoms with Crippen LogP contribution in [0.4, 0.5) is 11.4 Å². The van der Waals surface area contributed by atoms with Gasteiger partial charge < -0.3 is 15.4 Å². The zero-order valence-corrected chi connectivity index (χ0v) is 22.8. The Bertz CT molecular complexity index is 1240. The van der Waals surface area contributed by atoms with Gasteiger partial charge in [0.15, 0.2) is 12.0 Å². The zero-order chi connectivity index (χ0) is 27.5. The van der Waals surface area contributed by atoms with E-state index in [-0.39, 0.29) is 22.6 Å². The van der Waals surface area contributed by atoms with Gasteiger partial charge in [0.05, 0.1) is 30.2 Å². The van der Waals surface area contributed by atoms with Crippen LogP contribution in [-0.4, -0.2) is 31.8 Å². The number of hydrogen-bond acceptors (Lipinski definition) is 7. The number of hydrazine groups is 2. The molecule has 198 valence electrons. The molecule has 2 aromatic carbocycles. The number of nitrogens with one attached hydrogen (secondary N) is 4. The van der Waals surface area contributed by atoms with Crippen molar-refractivity contribution < 1.29 is 19.1 Å². The number of nitrogens with zero attached hydrogens (tertiary/aromatic N) is 1. The average molecular weight is 508 g/mol. The maximum absolute atomic E-state index is 13.3. The number of ether oxygens (including phenoxy) is 1. The van der Waals surface area contributed by atoms with Gasteiger partial charge in [-0.15, -0.1) is 5.53 Å². The fourth-order valence-corrected chi connectivity index (χ4v) is 3.70. The van der Waals surface area contributed by atoms with Crippen molar-refractivity contribution in [1.29, 1.82) is 0 Å². The molecule has 0 atom stereocenters. The Hall–Kier alpha value is -3.85. The van der Waals surface area contributed by atoms with Gasteiger partial charge in [-0.2, -0.15) is 0 Å². The molecule has 0 saturated carbocycles. The minimum Gasteiger partial charge on any atom is -0.494 e. The van der Waals surface area contributed by atoms with Crippen molar-refractivity contribution in [2.45, 2.75) is 53.9 Å². The molecule has 0 bridgehead atoms. The van der Waals surface area contributed by atoms with Crippen LogP contribution in [0.15, 0.2) is 42.2 Å². The standard InChI is InChI=1S/C28H37N5O4/c1-17-9-10-18(12-23(17)33-14-22(31-32-33)26(36)29-16-27(2,3)4)25(35)30-21-13-20(28(5,6)7)11-19(15-34)24(21)37-8/h9-15,31-32H,16H2,1-8H3,(H,29,36)(H,30,35). The quantitative estimate of drug-likeness (QED) is 0.416. The fourth-order valence-electron chi connectivity index (χ4n) is 3.70. The van der Waals surface area contributed by atoms with Crippen LogP contribution in [0.25, 0.3) is 0 Å². The van der Waals surface area contributed by atoms with Gasteiger partial charge in [0.1, 0.15) is 5.70 Å². The Labute approximate surface area is 218 Å². The van der Waals surface area contributed by atoms with Gasteiger partial charge in [-0.1, -0.05) is 47.6 Å². The Morgan fingerprint density at radius 1 is 1.05 bits per heavy atom. The van der Waals surface area contributed by atoms with Crippen molar-refractivity contribution in [2.75, 3.05) is 24.0 Å². The lowest BCUT2D eigenvalue weighted by Gasteiger charge is -2.23. The van der Waals surface area contributed by atoms with E-state index < -0.39 is 0 Å². The van der Waals surface area contributed by atoms with Crippen molar-refractivity contribution in [1.82, 2.24) is 16.3 Å². The van der Waals surface area contributed by atoms with Crippen LogP contribution in [0, 0.1) is 12.3 Å². The molecule has 0 aromatic heterocycles. The molecular weight excluding hydrogens is 470 g/mol. The van der Waals surface area contributed by atoms with Gasteiger partial charge in [0.2, 0.25) is 0 Å². The normalized spacial score (nSPS) is 13.5. The molecule has 4 N–H and O–H groups in total. The van der Waals surface area contributed by atoms with E-state index in [0.717, 1.165) is 17.4 Å². The van der Waals surface area contributed by atoms with E-state index in [1.807, 2.05) is 60.6 Å². The van der Waals surface area contributed by atoms with E-state index in [1.54, 1.807) is 29.4 Å². The summed E-state index contributed by atoms with van der Waals surface area (Å²) in [6.45, 7) is 14.7. The summed E-state index contributed by atoms with van der Waals surface area (Å²) in [5, 5.41) is 7.47.